The number of aromatic nitrogens is 1. The monoisotopic (exact) mass is 180 g/mol. The molecule has 2 N–H and O–H groups in total. The largest absolute Gasteiger partial charge is 0.327 e. The standard InChI is InChI=1S/C10H13FN2/c1-7-2-8(6-13-5-7)10(11)3-9(12)4-10/h2,5-6,9H,3-4,12H2,1H3. The Morgan fingerprint density at radius 1 is 1.54 bits per heavy atom. The summed E-state index contributed by atoms with van der Waals surface area (Å²) in [6, 6.07) is 1.87. The quantitative estimate of drug-likeness (QED) is 0.714. The Hall–Kier alpha value is -0.960. The van der Waals surface area contributed by atoms with Gasteiger partial charge in [-0.3, -0.25) is 4.98 Å². The zero-order valence-electron chi connectivity index (χ0n) is 7.63. The average Bonchev–Trinajstić information content (AvgIpc) is 2.02. The van der Waals surface area contributed by atoms with Crippen molar-refractivity contribution in [3.63, 3.8) is 0 Å². The highest BCUT2D eigenvalue weighted by Crippen LogP contribution is 2.44. The van der Waals surface area contributed by atoms with Crippen LogP contribution in [0.2, 0.25) is 0 Å². The van der Waals surface area contributed by atoms with Crippen molar-refractivity contribution in [1.29, 1.82) is 0 Å². The first-order valence-corrected chi connectivity index (χ1v) is 4.47. The second-order valence-corrected chi connectivity index (χ2v) is 3.88. The molecular weight excluding hydrogens is 167 g/mol. The van der Waals surface area contributed by atoms with Crippen LogP contribution >= 0.6 is 0 Å². The Kier molecular flexibility index (Phi) is 1.84. The molecule has 0 aliphatic heterocycles. The summed E-state index contributed by atoms with van der Waals surface area (Å²) in [5.74, 6) is 0. The van der Waals surface area contributed by atoms with E-state index in [0.717, 1.165) is 5.56 Å². The number of alkyl halides is 1. The van der Waals surface area contributed by atoms with Crippen LogP contribution < -0.4 is 5.73 Å². The average molecular weight is 180 g/mol. The van der Waals surface area contributed by atoms with E-state index >= 15 is 0 Å². The summed E-state index contributed by atoms with van der Waals surface area (Å²) >= 11 is 0. The zero-order chi connectivity index (χ0) is 9.47. The smallest absolute Gasteiger partial charge is 0.140 e. The molecule has 0 amide bonds. The minimum atomic E-state index is -1.21. The Morgan fingerprint density at radius 2 is 2.23 bits per heavy atom. The van der Waals surface area contributed by atoms with Crippen LogP contribution in [0.1, 0.15) is 24.0 Å². The highest BCUT2D eigenvalue weighted by Gasteiger charge is 2.44. The van der Waals surface area contributed by atoms with Crippen LogP contribution in [0.4, 0.5) is 4.39 Å². The van der Waals surface area contributed by atoms with Crippen LogP contribution in [-0.4, -0.2) is 11.0 Å². The predicted molar refractivity (Wildman–Crippen MR) is 49.0 cm³/mol. The van der Waals surface area contributed by atoms with Gasteiger partial charge in [0, 0.05) is 36.8 Å². The lowest BCUT2D eigenvalue weighted by atomic mass is 9.73. The van der Waals surface area contributed by atoms with Crippen LogP contribution in [0.5, 0.6) is 0 Å². The van der Waals surface area contributed by atoms with Crippen LogP contribution in [0, 0.1) is 6.92 Å². The second kappa shape index (κ2) is 2.77. The van der Waals surface area contributed by atoms with Crippen molar-refractivity contribution in [1.82, 2.24) is 4.98 Å². The van der Waals surface area contributed by atoms with E-state index in [-0.39, 0.29) is 6.04 Å². The minimum absolute atomic E-state index is 0.0190. The summed E-state index contributed by atoms with van der Waals surface area (Å²) in [5, 5.41) is 0. The van der Waals surface area contributed by atoms with Gasteiger partial charge in [0.25, 0.3) is 0 Å². The molecule has 1 heterocycles. The Bertz CT molecular complexity index is 318. The van der Waals surface area contributed by atoms with Crippen molar-refractivity contribution in [3.8, 4) is 0 Å². The molecule has 1 aromatic rings. The fourth-order valence-electron chi connectivity index (χ4n) is 1.81. The first kappa shape index (κ1) is 8.63. The normalized spacial score (nSPS) is 32.7. The lowest BCUT2D eigenvalue weighted by molar-refractivity contribution is 0.0401. The van der Waals surface area contributed by atoms with Crippen molar-refractivity contribution >= 4 is 0 Å². The van der Waals surface area contributed by atoms with Gasteiger partial charge in [-0.1, -0.05) is 0 Å². The van der Waals surface area contributed by atoms with E-state index in [9.17, 15) is 4.39 Å². The summed E-state index contributed by atoms with van der Waals surface area (Å²) in [6.45, 7) is 1.92. The first-order valence-electron chi connectivity index (χ1n) is 4.47. The number of nitrogens with zero attached hydrogens (tertiary/aromatic N) is 1. The maximum atomic E-state index is 13.9. The predicted octanol–water partition coefficient (Wildman–Crippen LogP) is 1.68. The molecule has 1 aliphatic carbocycles. The maximum absolute atomic E-state index is 13.9. The maximum Gasteiger partial charge on any atom is 0.140 e. The highest BCUT2D eigenvalue weighted by atomic mass is 19.1. The molecule has 0 unspecified atom stereocenters. The molecule has 1 aromatic heterocycles. The van der Waals surface area contributed by atoms with E-state index in [0.29, 0.717) is 18.4 Å². The van der Waals surface area contributed by atoms with Crippen molar-refractivity contribution in [2.45, 2.75) is 31.5 Å². The summed E-state index contributed by atoms with van der Waals surface area (Å²) in [4.78, 5) is 3.98. The SMILES string of the molecule is Cc1cncc(C2(F)CC(N)C2)c1. The number of rotatable bonds is 1. The molecule has 0 aromatic carbocycles. The molecule has 13 heavy (non-hydrogen) atoms. The number of nitrogens with two attached hydrogens (primary N) is 1. The highest BCUT2D eigenvalue weighted by molar-refractivity contribution is 5.26. The number of hydrogen-bond donors (Lipinski definition) is 1. The van der Waals surface area contributed by atoms with Crippen LogP contribution in [0.3, 0.4) is 0 Å². The van der Waals surface area contributed by atoms with E-state index in [1.165, 1.54) is 0 Å². The molecule has 0 spiro atoms. The van der Waals surface area contributed by atoms with E-state index in [2.05, 4.69) is 4.98 Å². The Morgan fingerprint density at radius 3 is 2.77 bits per heavy atom. The van der Waals surface area contributed by atoms with E-state index in [4.69, 9.17) is 5.73 Å². The molecular formula is C10H13FN2. The molecule has 2 nitrogen and oxygen atoms in total. The third kappa shape index (κ3) is 1.44. The fourth-order valence-corrected chi connectivity index (χ4v) is 1.81. The van der Waals surface area contributed by atoms with Gasteiger partial charge in [-0.25, -0.2) is 4.39 Å². The third-order valence-electron chi connectivity index (χ3n) is 2.56. The van der Waals surface area contributed by atoms with Gasteiger partial charge in [-0.2, -0.15) is 0 Å². The van der Waals surface area contributed by atoms with Gasteiger partial charge in [0.1, 0.15) is 5.67 Å². The Labute approximate surface area is 77.0 Å². The summed E-state index contributed by atoms with van der Waals surface area (Å²) < 4.78 is 13.9. The number of aryl methyl sites for hydroxylation is 1. The van der Waals surface area contributed by atoms with Crippen molar-refractivity contribution in [3.05, 3.63) is 29.6 Å². The van der Waals surface area contributed by atoms with Gasteiger partial charge in [0.2, 0.25) is 0 Å². The molecule has 0 saturated heterocycles. The van der Waals surface area contributed by atoms with Crippen LogP contribution in [-0.2, 0) is 5.67 Å². The van der Waals surface area contributed by atoms with Crippen LogP contribution in [0.25, 0.3) is 0 Å². The van der Waals surface area contributed by atoms with Gasteiger partial charge in [0.05, 0.1) is 0 Å². The Balaban J connectivity index is 2.26. The van der Waals surface area contributed by atoms with Crippen LogP contribution in [0.15, 0.2) is 18.5 Å². The van der Waals surface area contributed by atoms with Crippen molar-refractivity contribution < 1.29 is 4.39 Å². The molecule has 1 saturated carbocycles. The fraction of sp³-hybridized carbons (Fsp3) is 0.500. The minimum Gasteiger partial charge on any atom is -0.327 e. The lowest BCUT2D eigenvalue weighted by Crippen LogP contribution is -2.46. The summed E-state index contributed by atoms with van der Waals surface area (Å²) in [6.07, 6.45) is 4.18. The first-order chi connectivity index (χ1) is 6.10. The van der Waals surface area contributed by atoms with Gasteiger partial charge in [-0.15, -0.1) is 0 Å². The van der Waals surface area contributed by atoms with Gasteiger partial charge in [0.15, 0.2) is 0 Å². The summed E-state index contributed by atoms with van der Waals surface area (Å²) in [5.41, 5.74) is 6.03. The molecule has 2 rings (SSSR count). The van der Waals surface area contributed by atoms with E-state index < -0.39 is 5.67 Å². The molecule has 1 aliphatic rings. The number of pyridine rings is 1. The molecule has 3 heteroatoms. The third-order valence-corrected chi connectivity index (χ3v) is 2.56. The van der Waals surface area contributed by atoms with E-state index in [1.54, 1.807) is 12.4 Å². The zero-order valence-corrected chi connectivity index (χ0v) is 7.63. The van der Waals surface area contributed by atoms with Gasteiger partial charge < -0.3 is 5.73 Å². The molecule has 70 valence electrons. The van der Waals surface area contributed by atoms with Gasteiger partial charge in [-0.05, 0) is 18.6 Å². The molecule has 0 atom stereocenters. The molecule has 1 fully saturated rings. The van der Waals surface area contributed by atoms with E-state index in [1.807, 2.05) is 13.0 Å². The lowest BCUT2D eigenvalue weighted by Gasteiger charge is -2.39. The second-order valence-electron chi connectivity index (χ2n) is 3.88. The number of hydrogen-bond acceptors (Lipinski definition) is 2. The topological polar surface area (TPSA) is 38.9 Å². The molecule has 0 radical (unpaired) electrons. The van der Waals surface area contributed by atoms with Crippen molar-refractivity contribution in [2.24, 2.45) is 5.73 Å². The van der Waals surface area contributed by atoms with Crippen molar-refractivity contribution in [2.75, 3.05) is 0 Å². The molecule has 0 bridgehead atoms. The number of halogens is 1. The summed E-state index contributed by atoms with van der Waals surface area (Å²) in [7, 11) is 0. The van der Waals surface area contributed by atoms with Gasteiger partial charge >= 0.3 is 0 Å².